The lowest BCUT2D eigenvalue weighted by Gasteiger charge is -2.19. The summed E-state index contributed by atoms with van der Waals surface area (Å²) in [5.41, 5.74) is 12.8. The quantitative estimate of drug-likeness (QED) is 0.108. The van der Waals surface area contributed by atoms with Crippen molar-refractivity contribution >= 4 is 35.0 Å². The number of ether oxygens (including phenoxy) is 1. The Balaban J connectivity index is 2.07. The molecule has 1 aromatic heterocycles. The maximum atomic E-state index is 12.0. The van der Waals surface area contributed by atoms with Crippen LogP contribution in [0.1, 0.15) is 12.6 Å². The lowest BCUT2D eigenvalue weighted by Crippen LogP contribution is -2.28. The summed E-state index contributed by atoms with van der Waals surface area (Å²) >= 11 is 0. The topological polar surface area (TPSA) is 299 Å². The van der Waals surface area contributed by atoms with Crippen LogP contribution >= 0.6 is 23.5 Å². The summed E-state index contributed by atoms with van der Waals surface area (Å²) in [6.07, 6.45) is -3.21. The molecule has 2 heterocycles. The largest absolute Gasteiger partial charge is 0.490 e. The average Bonchev–Trinajstić information content (AvgIpc) is 2.93. The van der Waals surface area contributed by atoms with E-state index in [1.807, 2.05) is 0 Å². The van der Waals surface area contributed by atoms with Crippen molar-refractivity contribution in [2.45, 2.75) is 24.9 Å². The Bertz CT molecular complexity index is 1080. The maximum absolute atomic E-state index is 12.0. The molecule has 0 aliphatic carbocycles. The monoisotopic (exact) mass is 508 g/mol. The van der Waals surface area contributed by atoms with Crippen molar-refractivity contribution in [2.24, 2.45) is 5.11 Å². The van der Waals surface area contributed by atoms with Gasteiger partial charge in [0.1, 0.15) is 18.1 Å². The van der Waals surface area contributed by atoms with Gasteiger partial charge in [0.15, 0.2) is 0 Å². The van der Waals surface area contributed by atoms with Gasteiger partial charge in [-0.1, -0.05) is 5.11 Å². The van der Waals surface area contributed by atoms with Crippen LogP contribution in [-0.2, 0) is 31.6 Å². The summed E-state index contributed by atoms with van der Waals surface area (Å²) in [5, 5.41) is 13.3. The summed E-state index contributed by atoms with van der Waals surface area (Å²) in [7, 11) is -16.7. The number of aromatic nitrogens is 2. The zero-order valence-electron chi connectivity index (χ0n) is 14.9. The Morgan fingerprint density at radius 1 is 1.29 bits per heavy atom. The number of aliphatic hydroxyl groups excluding tert-OH is 1. The van der Waals surface area contributed by atoms with Crippen LogP contribution < -0.4 is 11.4 Å². The molecule has 0 spiro atoms. The minimum atomic E-state index is -5.71. The molecule has 0 bridgehead atoms. The molecule has 0 saturated carbocycles. The van der Waals surface area contributed by atoms with Crippen LogP contribution in [0.4, 0.5) is 11.5 Å². The molecule has 22 heteroatoms. The van der Waals surface area contributed by atoms with E-state index < -0.39 is 54.2 Å². The molecule has 2 rings (SSSR count). The van der Waals surface area contributed by atoms with Crippen LogP contribution in [-0.4, -0.2) is 53.0 Å². The molecule has 1 aliphatic rings. The number of anilines is 1. The second-order valence-electron chi connectivity index (χ2n) is 5.71. The molecule has 5 atom stereocenters. The smallest absolute Gasteiger partial charge is 0.390 e. The van der Waals surface area contributed by atoms with Gasteiger partial charge in [-0.3, -0.25) is 9.09 Å². The molecule has 174 valence electrons. The fourth-order valence-corrected chi connectivity index (χ4v) is 5.34. The van der Waals surface area contributed by atoms with Gasteiger partial charge in [-0.2, -0.15) is 13.6 Å². The number of hydrogen-bond acceptors (Lipinski definition) is 12. The summed E-state index contributed by atoms with van der Waals surface area (Å²) in [6.45, 7) is -0.929. The first-order valence-corrected chi connectivity index (χ1v) is 12.2. The molecule has 1 fully saturated rings. The predicted octanol–water partition coefficient (Wildman–Crippen LogP) is -0.241. The van der Waals surface area contributed by atoms with Crippen LogP contribution in [0.25, 0.3) is 10.4 Å². The molecule has 0 aromatic carbocycles. The van der Waals surface area contributed by atoms with E-state index in [4.69, 9.17) is 30.7 Å². The highest BCUT2D eigenvalue weighted by atomic mass is 31.3. The number of phosphoric ester groups is 1. The van der Waals surface area contributed by atoms with E-state index in [9.17, 15) is 28.5 Å². The molecule has 2 unspecified atom stereocenters. The number of nitrogens with two attached hydrogens (primary N) is 1. The average molecular weight is 508 g/mol. The molecule has 1 saturated heterocycles. The lowest BCUT2D eigenvalue weighted by molar-refractivity contribution is -0.0448. The maximum Gasteiger partial charge on any atom is 0.490 e. The van der Waals surface area contributed by atoms with Crippen LogP contribution in [0.15, 0.2) is 16.1 Å². The van der Waals surface area contributed by atoms with Crippen molar-refractivity contribution in [3.05, 3.63) is 27.1 Å². The molecule has 0 amide bonds. The first-order chi connectivity index (χ1) is 14.1. The first-order valence-electron chi connectivity index (χ1n) is 7.68. The predicted molar refractivity (Wildman–Crippen MR) is 96.1 cm³/mol. The van der Waals surface area contributed by atoms with Gasteiger partial charge in [0.25, 0.3) is 0 Å². The molecule has 0 radical (unpaired) electrons. The highest BCUT2D eigenvalue weighted by Gasteiger charge is 2.43. The van der Waals surface area contributed by atoms with Crippen molar-refractivity contribution in [1.29, 1.82) is 0 Å². The number of nitrogen functional groups attached to an aromatic ring is 1. The standard InChI is InChI=1S/C9H15N6O13P3/c10-8-4(13-14-11)2-15(9(17)12-8)7-1-5(16)6(26-7)3-25-30(21,22)28-31(23,24)27-29(18,19)20/h2,5-7,16H,1,3H2,(H,21,22)(H,23,24)(H2,10,12,17)(H2,18,19,20)/t5-,6+,7+/m1/s1. The van der Waals surface area contributed by atoms with Crippen LogP contribution in [0.3, 0.4) is 0 Å². The second kappa shape index (κ2) is 9.44. The van der Waals surface area contributed by atoms with Gasteiger partial charge in [0.2, 0.25) is 0 Å². The summed E-state index contributed by atoms with van der Waals surface area (Å²) in [5.74, 6) is -0.359. The van der Waals surface area contributed by atoms with Gasteiger partial charge in [-0.25, -0.2) is 18.5 Å². The third kappa shape index (κ3) is 7.45. The molecule has 1 aliphatic heterocycles. The number of rotatable bonds is 9. The lowest BCUT2D eigenvalue weighted by atomic mass is 10.2. The van der Waals surface area contributed by atoms with Gasteiger partial charge in [-0.15, -0.1) is 0 Å². The second-order valence-corrected chi connectivity index (χ2v) is 10.1. The highest BCUT2D eigenvalue weighted by Crippen LogP contribution is 2.66. The van der Waals surface area contributed by atoms with Gasteiger partial charge in [0.05, 0.1) is 18.4 Å². The van der Waals surface area contributed by atoms with Crippen molar-refractivity contribution < 1.29 is 56.3 Å². The number of hydrogen-bond donors (Lipinski definition) is 6. The number of azide groups is 1. The van der Waals surface area contributed by atoms with Crippen LogP contribution in [0.2, 0.25) is 0 Å². The Morgan fingerprint density at radius 3 is 2.52 bits per heavy atom. The highest BCUT2D eigenvalue weighted by molar-refractivity contribution is 7.66. The minimum Gasteiger partial charge on any atom is -0.390 e. The first kappa shape index (κ1) is 25.6. The fourth-order valence-electron chi connectivity index (χ4n) is 2.31. The molecule has 31 heavy (non-hydrogen) atoms. The van der Waals surface area contributed by atoms with E-state index in [1.165, 1.54) is 0 Å². The third-order valence-corrected chi connectivity index (χ3v) is 7.25. The van der Waals surface area contributed by atoms with E-state index in [2.05, 4.69) is 28.2 Å². The fraction of sp³-hybridized carbons (Fsp3) is 0.556. The molecule has 19 nitrogen and oxygen atoms in total. The summed E-state index contributed by atoms with van der Waals surface area (Å²) in [6, 6.07) is 0. The Hall–Kier alpha value is -1.68. The van der Waals surface area contributed by atoms with E-state index in [0.717, 1.165) is 10.8 Å². The summed E-state index contributed by atoms with van der Waals surface area (Å²) < 4.78 is 51.2. The van der Waals surface area contributed by atoms with Crippen LogP contribution in [0, 0.1) is 0 Å². The number of nitrogens with zero attached hydrogens (tertiary/aromatic N) is 5. The minimum absolute atomic E-state index is 0.211. The third-order valence-electron chi connectivity index (χ3n) is 3.45. The van der Waals surface area contributed by atoms with Crippen LogP contribution in [0.5, 0.6) is 0 Å². The van der Waals surface area contributed by atoms with Gasteiger partial charge in [0, 0.05) is 17.5 Å². The van der Waals surface area contributed by atoms with E-state index in [0.29, 0.717) is 0 Å². The molecular formula is C9H15N6O13P3. The molecular weight excluding hydrogens is 493 g/mol. The van der Waals surface area contributed by atoms with E-state index in [1.54, 1.807) is 0 Å². The van der Waals surface area contributed by atoms with Gasteiger partial charge < -0.3 is 35.2 Å². The van der Waals surface area contributed by atoms with Crippen molar-refractivity contribution in [3.8, 4) is 0 Å². The number of aliphatic hydroxyl groups is 1. The Kier molecular flexibility index (Phi) is 7.79. The van der Waals surface area contributed by atoms with Crippen molar-refractivity contribution in [1.82, 2.24) is 9.55 Å². The van der Waals surface area contributed by atoms with Crippen molar-refractivity contribution in [2.75, 3.05) is 12.3 Å². The summed E-state index contributed by atoms with van der Waals surface area (Å²) in [4.78, 5) is 53.4. The van der Waals surface area contributed by atoms with Gasteiger partial charge in [-0.05, 0) is 5.53 Å². The normalized spacial score (nSPS) is 25.4. The number of phosphoric acid groups is 3. The zero-order valence-corrected chi connectivity index (χ0v) is 17.6. The van der Waals surface area contributed by atoms with Crippen molar-refractivity contribution in [3.63, 3.8) is 0 Å². The Labute approximate surface area is 171 Å². The SMILES string of the molecule is [N-]=[N+]=Nc1cn([C@@H]2C[C@@H](O)[C@H](COP(=O)(O)OP(=O)(O)OP(=O)(O)O)O2)c(=O)nc1N. The zero-order chi connectivity index (χ0) is 23.6. The van der Waals surface area contributed by atoms with Gasteiger partial charge >= 0.3 is 29.2 Å². The van der Waals surface area contributed by atoms with E-state index in [-0.39, 0.29) is 17.9 Å². The van der Waals surface area contributed by atoms with E-state index >= 15 is 0 Å². The molecule has 1 aromatic rings. The molecule has 7 N–H and O–H groups in total. The Morgan fingerprint density at radius 2 is 1.94 bits per heavy atom.